The summed E-state index contributed by atoms with van der Waals surface area (Å²) in [6, 6.07) is 5.80. The standard InChI is InChI=1S/C18H17F3N4O/c1-26-13-2-3-15-14(6-13)12(8-22-15)9-25-5-4-11-7-23-17(18(19,20)21)24-16(11)10-25/h2-3,6-8,22H,4-5,9-10H2,1H3. The fourth-order valence-corrected chi connectivity index (χ4v) is 3.28. The molecule has 136 valence electrons. The summed E-state index contributed by atoms with van der Waals surface area (Å²) in [5, 5.41) is 1.05. The van der Waals surface area contributed by atoms with Crippen LogP contribution in [-0.2, 0) is 25.7 Å². The number of nitrogens with zero attached hydrogens (tertiary/aromatic N) is 3. The van der Waals surface area contributed by atoms with Crippen LogP contribution >= 0.6 is 0 Å². The highest BCUT2D eigenvalue weighted by Gasteiger charge is 2.35. The maximum atomic E-state index is 12.9. The summed E-state index contributed by atoms with van der Waals surface area (Å²) in [6.45, 7) is 1.74. The van der Waals surface area contributed by atoms with Crippen molar-refractivity contribution in [1.29, 1.82) is 0 Å². The number of ether oxygens (including phenoxy) is 1. The lowest BCUT2D eigenvalue weighted by Crippen LogP contribution is -2.31. The highest BCUT2D eigenvalue weighted by molar-refractivity contribution is 5.84. The molecule has 2 aromatic heterocycles. The number of methoxy groups -OCH3 is 1. The van der Waals surface area contributed by atoms with E-state index >= 15 is 0 Å². The second-order valence-corrected chi connectivity index (χ2v) is 6.35. The molecule has 0 unspecified atom stereocenters. The second-order valence-electron chi connectivity index (χ2n) is 6.35. The van der Waals surface area contributed by atoms with Crippen molar-refractivity contribution in [3.05, 3.63) is 53.2 Å². The third kappa shape index (κ3) is 3.12. The number of H-pyrrole nitrogens is 1. The molecule has 0 spiro atoms. The molecule has 4 rings (SSSR count). The molecule has 1 aliphatic heterocycles. The molecular formula is C18H17F3N4O. The lowest BCUT2D eigenvalue weighted by molar-refractivity contribution is -0.145. The Bertz CT molecular complexity index is 951. The van der Waals surface area contributed by atoms with Crippen molar-refractivity contribution >= 4 is 10.9 Å². The van der Waals surface area contributed by atoms with Crippen LogP contribution in [0.1, 0.15) is 22.6 Å². The summed E-state index contributed by atoms with van der Waals surface area (Å²) < 4.78 is 43.8. The molecule has 1 aliphatic rings. The van der Waals surface area contributed by atoms with Gasteiger partial charge in [0.05, 0.1) is 12.8 Å². The Morgan fingerprint density at radius 2 is 2.15 bits per heavy atom. The first-order chi connectivity index (χ1) is 12.4. The Hall–Kier alpha value is -2.61. The van der Waals surface area contributed by atoms with Gasteiger partial charge in [0, 0.05) is 42.9 Å². The van der Waals surface area contributed by atoms with Crippen molar-refractivity contribution in [1.82, 2.24) is 19.9 Å². The summed E-state index contributed by atoms with van der Waals surface area (Å²) in [5.74, 6) is -0.306. The number of aromatic amines is 1. The van der Waals surface area contributed by atoms with Crippen LogP contribution in [0, 0.1) is 0 Å². The highest BCUT2D eigenvalue weighted by Crippen LogP contribution is 2.29. The molecule has 3 heterocycles. The quantitative estimate of drug-likeness (QED) is 0.774. The van der Waals surface area contributed by atoms with Gasteiger partial charge in [-0.25, -0.2) is 9.97 Å². The summed E-state index contributed by atoms with van der Waals surface area (Å²) in [6.07, 6.45) is -0.649. The molecule has 0 fully saturated rings. The molecule has 0 radical (unpaired) electrons. The monoisotopic (exact) mass is 362 g/mol. The number of alkyl halides is 3. The molecule has 0 saturated heterocycles. The molecule has 0 atom stereocenters. The number of aromatic nitrogens is 3. The molecule has 0 amide bonds. The van der Waals surface area contributed by atoms with Crippen molar-refractivity contribution in [3.63, 3.8) is 0 Å². The van der Waals surface area contributed by atoms with Crippen molar-refractivity contribution in [2.24, 2.45) is 0 Å². The summed E-state index contributed by atoms with van der Waals surface area (Å²) in [7, 11) is 1.62. The van der Waals surface area contributed by atoms with Crippen LogP contribution in [0.4, 0.5) is 13.2 Å². The van der Waals surface area contributed by atoms with Crippen LogP contribution in [0.15, 0.2) is 30.6 Å². The average Bonchev–Trinajstić information content (AvgIpc) is 3.02. The van der Waals surface area contributed by atoms with Gasteiger partial charge in [-0.3, -0.25) is 4.90 Å². The SMILES string of the molecule is COc1ccc2[nH]cc(CN3CCc4cnc(C(F)(F)F)nc4C3)c2c1. The van der Waals surface area contributed by atoms with Crippen LogP contribution in [0.2, 0.25) is 0 Å². The van der Waals surface area contributed by atoms with Crippen LogP contribution < -0.4 is 4.74 Å². The van der Waals surface area contributed by atoms with Crippen LogP contribution in [0.5, 0.6) is 5.75 Å². The van der Waals surface area contributed by atoms with Crippen molar-refractivity contribution in [3.8, 4) is 5.75 Å². The minimum Gasteiger partial charge on any atom is -0.497 e. The normalized spacial score (nSPS) is 15.2. The Morgan fingerprint density at radius 1 is 1.31 bits per heavy atom. The van der Waals surface area contributed by atoms with E-state index in [-0.39, 0.29) is 0 Å². The molecule has 8 heteroatoms. The Kier molecular flexibility index (Phi) is 4.07. The maximum Gasteiger partial charge on any atom is 0.451 e. The average molecular weight is 362 g/mol. The Labute approximate surface area is 147 Å². The van der Waals surface area contributed by atoms with Crippen molar-refractivity contribution < 1.29 is 17.9 Å². The Balaban J connectivity index is 1.58. The molecule has 5 nitrogen and oxygen atoms in total. The predicted molar refractivity (Wildman–Crippen MR) is 89.7 cm³/mol. The van der Waals surface area contributed by atoms with E-state index in [9.17, 15) is 13.2 Å². The largest absolute Gasteiger partial charge is 0.497 e. The van der Waals surface area contributed by atoms with Gasteiger partial charge in [0.15, 0.2) is 0 Å². The molecule has 1 aromatic carbocycles. The fraction of sp³-hybridized carbons (Fsp3) is 0.333. The molecular weight excluding hydrogens is 345 g/mol. The van der Waals surface area contributed by atoms with E-state index in [0.29, 0.717) is 25.2 Å². The van der Waals surface area contributed by atoms with E-state index in [2.05, 4.69) is 19.9 Å². The highest BCUT2D eigenvalue weighted by atomic mass is 19.4. The van der Waals surface area contributed by atoms with Gasteiger partial charge in [-0.05, 0) is 35.7 Å². The van der Waals surface area contributed by atoms with Crippen molar-refractivity contribution in [2.75, 3.05) is 13.7 Å². The smallest absolute Gasteiger partial charge is 0.451 e. The Morgan fingerprint density at radius 3 is 2.92 bits per heavy atom. The zero-order valence-corrected chi connectivity index (χ0v) is 14.1. The zero-order valence-electron chi connectivity index (χ0n) is 14.1. The number of rotatable bonds is 3. The molecule has 26 heavy (non-hydrogen) atoms. The summed E-state index contributed by atoms with van der Waals surface area (Å²) in [5.41, 5.74) is 3.32. The molecule has 0 aliphatic carbocycles. The predicted octanol–water partition coefficient (Wildman–Crippen LogP) is 3.54. The fourth-order valence-electron chi connectivity index (χ4n) is 3.28. The number of halogens is 3. The van der Waals surface area contributed by atoms with Gasteiger partial charge < -0.3 is 9.72 Å². The zero-order chi connectivity index (χ0) is 18.3. The summed E-state index contributed by atoms with van der Waals surface area (Å²) >= 11 is 0. The van der Waals surface area contributed by atoms with Gasteiger partial charge in [0.1, 0.15) is 5.75 Å². The third-order valence-electron chi connectivity index (χ3n) is 4.65. The molecule has 1 N–H and O–H groups in total. The first-order valence-electron chi connectivity index (χ1n) is 8.22. The minimum atomic E-state index is -4.52. The van der Waals surface area contributed by atoms with Crippen LogP contribution in [0.25, 0.3) is 10.9 Å². The lowest BCUT2D eigenvalue weighted by atomic mass is 10.1. The van der Waals surface area contributed by atoms with E-state index in [1.165, 1.54) is 6.20 Å². The number of hydrogen-bond donors (Lipinski definition) is 1. The lowest BCUT2D eigenvalue weighted by Gasteiger charge is -2.28. The first-order valence-corrected chi connectivity index (χ1v) is 8.22. The van der Waals surface area contributed by atoms with Gasteiger partial charge in [-0.2, -0.15) is 13.2 Å². The van der Waals surface area contributed by atoms with E-state index < -0.39 is 12.0 Å². The maximum absolute atomic E-state index is 12.9. The number of benzene rings is 1. The van der Waals surface area contributed by atoms with Crippen LogP contribution in [-0.4, -0.2) is 33.5 Å². The van der Waals surface area contributed by atoms with Gasteiger partial charge in [0.2, 0.25) is 5.82 Å². The van der Waals surface area contributed by atoms with Crippen LogP contribution in [0.3, 0.4) is 0 Å². The topological polar surface area (TPSA) is 54.0 Å². The second kappa shape index (κ2) is 6.28. The van der Waals surface area contributed by atoms with Gasteiger partial charge >= 0.3 is 6.18 Å². The molecule has 0 saturated carbocycles. The number of hydrogen-bond acceptors (Lipinski definition) is 4. The van der Waals surface area contributed by atoms with E-state index in [0.717, 1.165) is 34.3 Å². The third-order valence-corrected chi connectivity index (χ3v) is 4.65. The number of nitrogens with one attached hydrogen (secondary N) is 1. The van der Waals surface area contributed by atoms with Gasteiger partial charge in [0.25, 0.3) is 0 Å². The number of fused-ring (bicyclic) bond motifs is 2. The molecule has 3 aromatic rings. The van der Waals surface area contributed by atoms with Gasteiger partial charge in [-0.1, -0.05) is 0 Å². The molecule has 0 bridgehead atoms. The van der Waals surface area contributed by atoms with E-state index in [1.807, 2.05) is 24.4 Å². The van der Waals surface area contributed by atoms with E-state index in [4.69, 9.17) is 4.74 Å². The van der Waals surface area contributed by atoms with Crippen molar-refractivity contribution in [2.45, 2.75) is 25.7 Å². The minimum absolute atomic E-state index is 0.373. The first kappa shape index (κ1) is 16.8. The van der Waals surface area contributed by atoms with Gasteiger partial charge in [-0.15, -0.1) is 0 Å². The summed E-state index contributed by atoms with van der Waals surface area (Å²) in [4.78, 5) is 12.5. The van der Waals surface area contributed by atoms with E-state index in [1.54, 1.807) is 7.11 Å².